The van der Waals surface area contributed by atoms with Crippen molar-refractivity contribution >= 4 is 0 Å². The quantitative estimate of drug-likeness (QED) is 0.723. The van der Waals surface area contributed by atoms with Crippen molar-refractivity contribution in [1.29, 1.82) is 0 Å². The number of benzene rings is 1. The molecular weight excluding hydrogens is 253 g/mol. The molecule has 0 unspecified atom stereocenters. The highest BCUT2D eigenvalue weighted by molar-refractivity contribution is 5.80. The van der Waals surface area contributed by atoms with E-state index in [1.165, 1.54) is 0 Å². The van der Waals surface area contributed by atoms with E-state index in [9.17, 15) is 4.39 Å². The van der Waals surface area contributed by atoms with Crippen LogP contribution >= 0.6 is 0 Å². The zero-order valence-electron chi connectivity index (χ0n) is 10.9. The summed E-state index contributed by atoms with van der Waals surface area (Å²) in [5.74, 6) is 0. The normalized spacial score (nSPS) is 10.7. The fourth-order valence-electron chi connectivity index (χ4n) is 2.17. The van der Waals surface area contributed by atoms with Crippen LogP contribution in [-0.4, -0.2) is 21.4 Å². The molecular formula is C16H14FN3. The van der Waals surface area contributed by atoms with E-state index >= 15 is 0 Å². The van der Waals surface area contributed by atoms with Gasteiger partial charge in [-0.2, -0.15) is 5.10 Å². The van der Waals surface area contributed by atoms with Crippen LogP contribution in [0.25, 0.3) is 22.4 Å². The van der Waals surface area contributed by atoms with Crippen molar-refractivity contribution in [3.8, 4) is 22.4 Å². The Hall–Kier alpha value is -2.49. The van der Waals surface area contributed by atoms with Crippen LogP contribution in [-0.2, 0) is 6.54 Å². The van der Waals surface area contributed by atoms with Crippen LogP contribution in [0.5, 0.6) is 0 Å². The summed E-state index contributed by atoms with van der Waals surface area (Å²) in [5.41, 5.74) is 3.91. The number of nitrogens with zero attached hydrogens (tertiary/aromatic N) is 3. The van der Waals surface area contributed by atoms with Crippen molar-refractivity contribution in [1.82, 2.24) is 14.8 Å². The lowest BCUT2D eigenvalue weighted by Crippen LogP contribution is -1.99. The molecule has 0 saturated carbocycles. The second kappa shape index (κ2) is 5.65. The predicted molar refractivity (Wildman–Crippen MR) is 76.9 cm³/mol. The van der Waals surface area contributed by atoms with Gasteiger partial charge >= 0.3 is 0 Å². The molecule has 0 amide bonds. The molecule has 0 aliphatic carbocycles. The number of rotatable bonds is 4. The van der Waals surface area contributed by atoms with Gasteiger partial charge in [0.1, 0.15) is 12.4 Å². The van der Waals surface area contributed by atoms with Crippen molar-refractivity contribution in [2.75, 3.05) is 6.67 Å². The molecule has 0 aliphatic rings. The van der Waals surface area contributed by atoms with E-state index in [1.807, 2.05) is 48.7 Å². The molecule has 4 heteroatoms. The standard InChI is InChI=1S/C16H14FN3/c17-8-11-20-12-15(13-6-9-18-10-7-13)16(19-20)14-4-2-1-3-5-14/h1-7,9-10,12H,8,11H2. The highest BCUT2D eigenvalue weighted by Crippen LogP contribution is 2.30. The average molecular weight is 267 g/mol. The minimum absolute atomic E-state index is 0.269. The maximum absolute atomic E-state index is 12.6. The summed E-state index contributed by atoms with van der Waals surface area (Å²) in [7, 11) is 0. The van der Waals surface area contributed by atoms with Crippen LogP contribution in [0.4, 0.5) is 4.39 Å². The summed E-state index contributed by atoms with van der Waals surface area (Å²) in [6, 6.07) is 13.8. The Morgan fingerprint density at radius 2 is 1.70 bits per heavy atom. The van der Waals surface area contributed by atoms with Gasteiger partial charge in [-0.3, -0.25) is 9.67 Å². The number of aryl methyl sites for hydroxylation is 1. The lowest BCUT2D eigenvalue weighted by molar-refractivity contribution is 0.427. The third-order valence-corrected chi connectivity index (χ3v) is 3.11. The molecule has 0 radical (unpaired) electrons. The predicted octanol–water partition coefficient (Wildman–Crippen LogP) is 3.58. The zero-order chi connectivity index (χ0) is 13.8. The maximum atomic E-state index is 12.6. The van der Waals surface area contributed by atoms with Gasteiger partial charge in [0.15, 0.2) is 0 Å². The maximum Gasteiger partial charge on any atom is 0.109 e. The second-order valence-corrected chi connectivity index (χ2v) is 4.45. The molecule has 3 aromatic rings. The van der Waals surface area contributed by atoms with E-state index in [0.717, 1.165) is 22.4 Å². The lowest BCUT2D eigenvalue weighted by Gasteiger charge is -2.01. The Balaban J connectivity index is 2.13. The molecule has 0 bridgehead atoms. The van der Waals surface area contributed by atoms with Gasteiger partial charge in [0.2, 0.25) is 0 Å². The van der Waals surface area contributed by atoms with Crippen molar-refractivity contribution in [2.24, 2.45) is 0 Å². The molecule has 0 atom stereocenters. The van der Waals surface area contributed by atoms with Gasteiger partial charge in [-0.05, 0) is 17.7 Å². The van der Waals surface area contributed by atoms with Gasteiger partial charge in [0.05, 0.1) is 6.54 Å². The van der Waals surface area contributed by atoms with Gasteiger partial charge in [0, 0.05) is 29.7 Å². The van der Waals surface area contributed by atoms with Crippen LogP contribution in [0, 0.1) is 0 Å². The Bertz CT molecular complexity index is 620. The largest absolute Gasteiger partial charge is 0.269 e. The van der Waals surface area contributed by atoms with Crippen LogP contribution in [0.15, 0.2) is 61.1 Å². The molecule has 3 nitrogen and oxygen atoms in total. The molecule has 0 N–H and O–H groups in total. The van der Waals surface area contributed by atoms with Gasteiger partial charge in [-0.25, -0.2) is 4.39 Å². The van der Waals surface area contributed by atoms with Crippen molar-refractivity contribution in [2.45, 2.75) is 6.54 Å². The van der Waals surface area contributed by atoms with Crippen molar-refractivity contribution in [3.63, 3.8) is 0 Å². The van der Waals surface area contributed by atoms with E-state index in [0.29, 0.717) is 0 Å². The first-order chi connectivity index (χ1) is 9.88. The number of hydrogen-bond donors (Lipinski definition) is 0. The SMILES string of the molecule is FCCn1cc(-c2ccncc2)c(-c2ccccc2)n1. The number of pyridine rings is 1. The molecule has 100 valence electrons. The average Bonchev–Trinajstić information content (AvgIpc) is 2.93. The molecule has 0 aliphatic heterocycles. The van der Waals surface area contributed by atoms with Gasteiger partial charge in [-0.15, -0.1) is 0 Å². The first kappa shape index (κ1) is 12.5. The zero-order valence-corrected chi connectivity index (χ0v) is 10.9. The van der Waals surface area contributed by atoms with Gasteiger partial charge in [0.25, 0.3) is 0 Å². The summed E-state index contributed by atoms with van der Waals surface area (Å²) >= 11 is 0. The van der Waals surface area contributed by atoms with E-state index < -0.39 is 6.67 Å². The van der Waals surface area contributed by atoms with Gasteiger partial charge < -0.3 is 0 Å². The molecule has 0 saturated heterocycles. The fraction of sp³-hybridized carbons (Fsp3) is 0.125. The molecule has 0 fully saturated rings. The van der Waals surface area contributed by atoms with E-state index in [-0.39, 0.29) is 6.54 Å². The summed E-state index contributed by atoms with van der Waals surface area (Å²) in [4.78, 5) is 4.03. The van der Waals surface area contributed by atoms with Crippen LogP contribution < -0.4 is 0 Å². The monoisotopic (exact) mass is 267 g/mol. The van der Waals surface area contributed by atoms with E-state index in [2.05, 4.69) is 10.1 Å². The van der Waals surface area contributed by atoms with E-state index in [4.69, 9.17) is 0 Å². The highest BCUT2D eigenvalue weighted by Gasteiger charge is 2.12. The Kier molecular flexibility index (Phi) is 3.54. The van der Waals surface area contributed by atoms with E-state index in [1.54, 1.807) is 17.1 Å². The minimum atomic E-state index is -0.425. The lowest BCUT2D eigenvalue weighted by atomic mass is 10.0. The summed E-state index contributed by atoms with van der Waals surface area (Å²) in [6.45, 7) is -0.156. The summed E-state index contributed by atoms with van der Waals surface area (Å²) in [5, 5.41) is 4.50. The minimum Gasteiger partial charge on any atom is -0.269 e. The summed E-state index contributed by atoms with van der Waals surface area (Å²) in [6.07, 6.45) is 5.38. The fourth-order valence-corrected chi connectivity index (χ4v) is 2.17. The third kappa shape index (κ3) is 2.45. The Morgan fingerprint density at radius 3 is 2.40 bits per heavy atom. The van der Waals surface area contributed by atoms with Gasteiger partial charge in [-0.1, -0.05) is 30.3 Å². The number of aromatic nitrogens is 3. The molecule has 2 aromatic heterocycles. The highest BCUT2D eigenvalue weighted by atomic mass is 19.1. The molecule has 20 heavy (non-hydrogen) atoms. The van der Waals surface area contributed by atoms with Crippen molar-refractivity contribution < 1.29 is 4.39 Å². The smallest absolute Gasteiger partial charge is 0.109 e. The molecule has 0 spiro atoms. The molecule has 3 rings (SSSR count). The third-order valence-electron chi connectivity index (χ3n) is 3.11. The second-order valence-electron chi connectivity index (χ2n) is 4.45. The number of alkyl halides is 1. The van der Waals surface area contributed by atoms with Crippen LogP contribution in [0.3, 0.4) is 0 Å². The van der Waals surface area contributed by atoms with Crippen molar-refractivity contribution in [3.05, 3.63) is 61.1 Å². The first-order valence-electron chi connectivity index (χ1n) is 6.48. The Labute approximate surface area is 116 Å². The Morgan fingerprint density at radius 1 is 0.950 bits per heavy atom. The number of hydrogen-bond acceptors (Lipinski definition) is 2. The topological polar surface area (TPSA) is 30.7 Å². The molecule has 1 aromatic carbocycles. The van der Waals surface area contributed by atoms with Crippen LogP contribution in [0.2, 0.25) is 0 Å². The first-order valence-corrected chi connectivity index (χ1v) is 6.48. The molecule has 2 heterocycles. The van der Waals surface area contributed by atoms with Crippen LogP contribution in [0.1, 0.15) is 0 Å². The number of halogens is 1. The summed E-state index contributed by atoms with van der Waals surface area (Å²) < 4.78 is 14.2.